The lowest BCUT2D eigenvalue weighted by atomic mass is 10.0. The number of nitrogens with zero attached hydrogens (tertiary/aromatic N) is 2. The van der Waals surface area contributed by atoms with Crippen LogP contribution in [0.2, 0.25) is 0 Å². The third-order valence-corrected chi connectivity index (χ3v) is 6.09. The summed E-state index contributed by atoms with van der Waals surface area (Å²) in [4.78, 5) is 18.5. The summed E-state index contributed by atoms with van der Waals surface area (Å²) in [5, 5.41) is 3.02. The lowest BCUT2D eigenvalue weighted by Gasteiger charge is -2.25. The first-order valence-corrected chi connectivity index (χ1v) is 10.3. The van der Waals surface area contributed by atoms with Crippen molar-refractivity contribution in [2.75, 3.05) is 32.0 Å². The van der Waals surface area contributed by atoms with E-state index in [4.69, 9.17) is 10.5 Å². The normalized spacial score (nSPS) is 14.9. The van der Waals surface area contributed by atoms with Crippen LogP contribution >= 0.6 is 27.3 Å². The molecular weight excluding hydrogens is 426 g/mol. The number of carbonyl (C=O) groups is 1. The SMILES string of the molecule is Nc1ncc(/C=C/C(=O)N2CCOCC2)c2scc(-c3ccc(Br)cc3)c12. The number of rotatable bonds is 3. The van der Waals surface area contributed by atoms with Gasteiger partial charge in [0.2, 0.25) is 5.91 Å². The molecule has 0 aliphatic carbocycles. The number of ether oxygens (including phenoxy) is 1. The summed E-state index contributed by atoms with van der Waals surface area (Å²) in [6, 6.07) is 8.12. The fraction of sp³-hybridized carbons (Fsp3) is 0.200. The molecule has 138 valence electrons. The number of hydrogen-bond acceptors (Lipinski definition) is 5. The number of fused-ring (bicyclic) bond motifs is 1. The van der Waals surface area contributed by atoms with E-state index in [0.29, 0.717) is 32.1 Å². The predicted octanol–water partition coefficient (Wildman–Crippen LogP) is 4.18. The molecule has 27 heavy (non-hydrogen) atoms. The molecule has 3 heterocycles. The minimum Gasteiger partial charge on any atom is -0.383 e. The molecule has 0 saturated carbocycles. The molecule has 0 unspecified atom stereocenters. The Hall–Kier alpha value is -2.22. The van der Waals surface area contributed by atoms with Crippen LogP contribution in [0.15, 0.2) is 46.4 Å². The van der Waals surface area contributed by atoms with Crippen molar-refractivity contribution >= 4 is 55.2 Å². The molecule has 2 aromatic heterocycles. The molecule has 1 aromatic carbocycles. The van der Waals surface area contributed by atoms with Crippen LogP contribution in [-0.2, 0) is 9.53 Å². The van der Waals surface area contributed by atoms with Gasteiger partial charge in [-0.1, -0.05) is 28.1 Å². The summed E-state index contributed by atoms with van der Waals surface area (Å²) in [6.45, 7) is 2.44. The number of nitrogen functional groups attached to an aromatic ring is 1. The Balaban J connectivity index is 1.68. The van der Waals surface area contributed by atoms with Crippen molar-refractivity contribution in [3.8, 4) is 11.1 Å². The molecule has 1 aliphatic heterocycles. The lowest BCUT2D eigenvalue weighted by molar-refractivity contribution is -0.129. The number of thiophene rings is 1. The highest BCUT2D eigenvalue weighted by molar-refractivity contribution is 9.10. The zero-order valence-electron chi connectivity index (χ0n) is 14.5. The largest absolute Gasteiger partial charge is 0.383 e. The summed E-state index contributed by atoms with van der Waals surface area (Å²) in [5.41, 5.74) is 9.23. The molecule has 5 nitrogen and oxygen atoms in total. The van der Waals surface area contributed by atoms with Gasteiger partial charge in [0.15, 0.2) is 0 Å². The van der Waals surface area contributed by atoms with Crippen molar-refractivity contribution in [2.24, 2.45) is 0 Å². The van der Waals surface area contributed by atoms with E-state index >= 15 is 0 Å². The number of carbonyl (C=O) groups excluding carboxylic acids is 1. The summed E-state index contributed by atoms with van der Waals surface area (Å²) < 4.78 is 7.36. The van der Waals surface area contributed by atoms with Crippen molar-refractivity contribution in [3.63, 3.8) is 0 Å². The number of halogens is 1. The monoisotopic (exact) mass is 443 g/mol. The summed E-state index contributed by atoms with van der Waals surface area (Å²) in [7, 11) is 0. The van der Waals surface area contributed by atoms with Crippen molar-refractivity contribution in [3.05, 3.63) is 52.0 Å². The van der Waals surface area contributed by atoms with Crippen LogP contribution in [-0.4, -0.2) is 42.1 Å². The van der Waals surface area contributed by atoms with E-state index in [1.807, 2.05) is 18.2 Å². The lowest BCUT2D eigenvalue weighted by Crippen LogP contribution is -2.39. The minimum absolute atomic E-state index is 0.00651. The Morgan fingerprint density at radius 1 is 1.26 bits per heavy atom. The molecule has 0 atom stereocenters. The molecule has 4 rings (SSSR count). The summed E-state index contributed by atoms with van der Waals surface area (Å²) in [6.07, 6.45) is 5.16. The van der Waals surface area contributed by atoms with Gasteiger partial charge in [0.25, 0.3) is 0 Å². The molecule has 0 bridgehead atoms. The van der Waals surface area contributed by atoms with E-state index in [9.17, 15) is 4.79 Å². The molecular formula is C20H18BrN3O2S. The summed E-state index contributed by atoms with van der Waals surface area (Å²) >= 11 is 5.08. The second-order valence-corrected chi connectivity index (χ2v) is 8.03. The van der Waals surface area contributed by atoms with E-state index in [-0.39, 0.29) is 5.91 Å². The van der Waals surface area contributed by atoms with Gasteiger partial charge in [-0.2, -0.15) is 0 Å². The van der Waals surface area contributed by atoms with Crippen molar-refractivity contribution in [2.45, 2.75) is 0 Å². The molecule has 3 aromatic rings. The molecule has 1 saturated heterocycles. The first kappa shape index (κ1) is 18.2. The topological polar surface area (TPSA) is 68.5 Å². The predicted molar refractivity (Wildman–Crippen MR) is 114 cm³/mol. The van der Waals surface area contributed by atoms with Gasteiger partial charge in [-0.3, -0.25) is 4.79 Å². The van der Waals surface area contributed by atoms with Crippen molar-refractivity contribution < 1.29 is 9.53 Å². The maximum Gasteiger partial charge on any atom is 0.246 e. The molecule has 1 aliphatic rings. The van der Waals surface area contributed by atoms with Gasteiger partial charge in [0.05, 0.1) is 13.2 Å². The Labute approximate surface area is 169 Å². The summed E-state index contributed by atoms with van der Waals surface area (Å²) in [5.74, 6) is 0.494. The van der Waals surface area contributed by atoms with E-state index < -0.39 is 0 Å². The van der Waals surface area contributed by atoms with Gasteiger partial charge in [-0.15, -0.1) is 11.3 Å². The molecule has 0 spiro atoms. The maximum absolute atomic E-state index is 12.4. The first-order chi connectivity index (χ1) is 13.1. The van der Waals surface area contributed by atoms with Gasteiger partial charge >= 0.3 is 0 Å². The van der Waals surface area contributed by atoms with E-state index in [1.165, 1.54) is 0 Å². The van der Waals surface area contributed by atoms with Crippen molar-refractivity contribution in [1.82, 2.24) is 9.88 Å². The second-order valence-electron chi connectivity index (χ2n) is 6.23. The zero-order chi connectivity index (χ0) is 18.8. The van der Waals surface area contributed by atoms with Gasteiger partial charge < -0.3 is 15.4 Å². The third-order valence-electron chi connectivity index (χ3n) is 4.54. The number of hydrogen-bond donors (Lipinski definition) is 1. The standard InChI is InChI=1S/C20H18BrN3O2S/c21-15-4-1-13(2-5-15)16-12-27-19-14(11-23-20(22)18(16)19)3-6-17(25)24-7-9-26-10-8-24/h1-6,11-12H,7-10H2,(H2,22,23)/b6-3+. The van der Waals surface area contributed by atoms with E-state index in [0.717, 1.165) is 31.2 Å². The Morgan fingerprint density at radius 3 is 2.74 bits per heavy atom. The highest BCUT2D eigenvalue weighted by atomic mass is 79.9. The minimum atomic E-state index is -0.00651. The number of amides is 1. The number of morpholine rings is 1. The Kier molecular flexibility index (Phi) is 5.24. The smallest absolute Gasteiger partial charge is 0.246 e. The van der Waals surface area contributed by atoms with Crippen LogP contribution in [0.1, 0.15) is 5.56 Å². The molecule has 2 N–H and O–H groups in total. The van der Waals surface area contributed by atoms with Gasteiger partial charge in [0.1, 0.15) is 5.82 Å². The van der Waals surface area contributed by atoms with Crippen LogP contribution in [0.5, 0.6) is 0 Å². The van der Waals surface area contributed by atoms with Gasteiger partial charge in [-0.25, -0.2) is 4.98 Å². The van der Waals surface area contributed by atoms with Crippen LogP contribution < -0.4 is 5.73 Å². The Bertz CT molecular complexity index is 1010. The van der Waals surface area contributed by atoms with Gasteiger partial charge in [0, 0.05) is 51.0 Å². The average molecular weight is 444 g/mol. The van der Waals surface area contributed by atoms with E-state index in [1.54, 1.807) is 28.5 Å². The highest BCUT2D eigenvalue weighted by Crippen LogP contribution is 2.39. The number of nitrogens with two attached hydrogens (primary N) is 1. The molecule has 7 heteroatoms. The van der Waals surface area contributed by atoms with Crippen LogP contribution in [0.3, 0.4) is 0 Å². The van der Waals surface area contributed by atoms with Crippen molar-refractivity contribution in [1.29, 1.82) is 0 Å². The zero-order valence-corrected chi connectivity index (χ0v) is 16.9. The third kappa shape index (κ3) is 3.76. The number of pyridine rings is 1. The van der Waals surface area contributed by atoms with Crippen LogP contribution in [0.25, 0.3) is 27.3 Å². The first-order valence-electron chi connectivity index (χ1n) is 8.60. The Morgan fingerprint density at radius 2 is 2.00 bits per heavy atom. The number of aromatic nitrogens is 1. The second kappa shape index (κ2) is 7.80. The quantitative estimate of drug-likeness (QED) is 0.616. The maximum atomic E-state index is 12.4. The average Bonchev–Trinajstić information content (AvgIpc) is 3.15. The molecule has 1 amide bonds. The van der Waals surface area contributed by atoms with Crippen LogP contribution in [0.4, 0.5) is 5.82 Å². The molecule has 1 fully saturated rings. The fourth-order valence-corrected chi connectivity index (χ4v) is 4.44. The van der Waals surface area contributed by atoms with E-state index in [2.05, 4.69) is 38.4 Å². The number of benzene rings is 1. The van der Waals surface area contributed by atoms with Gasteiger partial charge in [-0.05, 0) is 29.2 Å². The molecule has 0 radical (unpaired) electrons. The van der Waals surface area contributed by atoms with Crippen LogP contribution in [0, 0.1) is 0 Å². The highest BCUT2D eigenvalue weighted by Gasteiger charge is 2.16. The number of anilines is 1. The fourth-order valence-electron chi connectivity index (χ4n) is 3.10.